The lowest BCUT2D eigenvalue weighted by Crippen LogP contribution is -2.45. The fraction of sp³-hybridized carbons (Fsp3) is 0.611. The van der Waals surface area contributed by atoms with Crippen molar-refractivity contribution in [2.75, 3.05) is 13.1 Å². The molecule has 1 saturated carbocycles. The molecule has 3 rings (SSSR count). The van der Waals surface area contributed by atoms with Crippen LogP contribution >= 0.6 is 23.2 Å². The predicted molar refractivity (Wildman–Crippen MR) is 94.9 cm³/mol. The molecule has 1 aliphatic carbocycles. The molecule has 0 spiro atoms. The number of benzene rings is 1. The van der Waals surface area contributed by atoms with E-state index >= 15 is 0 Å². The molecule has 1 aliphatic heterocycles. The topological polar surface area (TPSA) is 32.3 Å². The van der Waals surface area contributed by atoms with Gasteiger partial charge in [0.15, 0.2) is 0 Å². The van der Waals surface area contributed by atoms with Gasteiger partial charge in [-0.3, -0.25) is 9.69 Å². The summed E-state index contributed by atoms with van der Waals surface area (Å²) in [6, 6.07) is 6.18. The smallest absolute Gasteiger partial charge is 0.224 e. The van der Waals surface area contributed by atoms with Crippen molar-refractivity contribution in [2.24, 2.45) is 5.92 Å². The number of piperidine rings is 1. The van der Waals surface area contributed by atoms with Crippen LogP contribution in [0.15, 0.2) is 18.2 Å². The van der Waals surface area contributed by atoms with Crippen molar-refractivity contribution in [3.05, 3.63) is 33.8 Å². The molecule has 1 aromatic carbocycles. The molecule has 2 aliphatic rings. The van der Waals surface area contributed by atoms with E-state index in [9.17, 15) is 4.79 Å². The first-order valence-corrected chi connectivity index (χ1v) is 9.34. The van der Waals surface area contributed by atoms with Gasteiger partial charge in [-0.2, -0.15) is 0 Å². The standard InChI is InChI=1S/C18H24Cl2N2O/c19-16-8-7-13(10-17(16)20)11-22-9-3-4-14(12-22)18(23)21-15-5-1-2-6-15/h7-8,10,14-15H,1-6,9,11-12H2,(H,21,23). The minimum atomic E-state index is 0.118. The van der Waals surface area contributed by atoms with Crippen molar-refractivity contribution in [1.82, 2.24) is 10.2 Å². The molecule has 3 nitrogen and oxygen atoms in total. The minimum Gasteiger partial charge on any atom is -0.353 e. The van der Waals surface area contributed by atoms with Crippen molar-refractivity contribution >= 4 is 29.1 Å². The van der Waals surface area contributed by atoms with Crippen LogP contribution in [-0.4, -0.2) is 29.9 Å². The van der Waals surface area contributed by atoms with Crippen LogP contribution in [0.3, 0.4) is 0 Å². The zero-order chi connectivity index (χ0) is 16.2. The van der Waals surface area contributed by atoms with E-state index in [2.05, 4.69) is 10.2 Å². The molecule has 126 valence electrons. The lowest BCUT2D eigenvalue weighted by atomic mass is 9.96. The molecule has 0 bridgehead atoms. The van der Waals surface area contributed by atoms with Crippen molar-refractivity contribution in [3.8, 4) is 0 Å². The fourth-order valence-corrected chi connectivity index (χ4v) is 4.02. The first-order valence-electron chi connectivity index (χ1n) is 8.58. The Balaban J connectivity index is 1.54. The zero-order valence-corrected chi connectivity index (χ0v) is 14.9. The Labute approximate surface area is 148 Å². The monoisotopic (exact) mass is 354 g/mol. The van der Waals surface area contributed by atoms with E-state index in [1.807, 2.05) is 18.2 Å². The van der Waals surface area contributed by atoms with E-state index in [4.69, 9.17) is 23.2 Å². The van der Waals surface area contributed by atoms with Gasteiger partial charge >= 0.3 is 0 Å². The second-order valence-corrected chi connectivity index (χ2v) is 7.63. The Bertz CT molecular complexity index is 558. The highest BCUT2D eigenvalue weighted by Crippen LogP contribution is 2.25. The molecule has 1 atom stereocenters. The third-order valence-corrected chi connectivity index (χ3v) is 5.71. The highest BCUT2D eigenvalue weighted by Gasteiger charge is 2.28. The average Bonchev–Trinajstić information content (AvgIpc) is 3.04. The van der Waals surface area contributed by atoms with Crippen LogP contribution in [0.4, 0.5) is 0 Å². The van der Waals surface area contributed by atoms with E-state index in [0.29, 0.717) is 16.1 Å². The second-order valence-electron chi connectivity index (χ2n) is 6.81. The van der Waals surface area contributed by atoms with Gasteiger partial charge in [0.25, 0.3) is 0 Å². The quantitative estimate of drug-likeness (QED) is 0.875. The van der Waals surface area contributed by atoms with Gasteiger partial charge in [0.05, 0.1) is 16.0 Å². The van der Waals surface area contributed by atoms with Crippen LogP contribution in [0.1, 0.15) is 44.1 Å². The summed E-state index contributed by atoms with van der Waals surface area (Å²) >= 11 is 12.1. The number of rotatable bonds is 4. The van der Waals surface area contributed by atoms with Gasteiger partial charge in [-0.05, 0) is 49.9 Å². The number of likely N-dealkylation sites (tertiary alicyclic amines) is 1. The summed E-state index contributed by atoms with van der Waals surface area (Å²) in [5, 5.41) is 4.43. The molecule has 0 radical (unpaired) electrons. The second kappa shape index (κ2) is 7.87. The normalized spacial score (nSPS) is 23.1. The first kappa shape index (κ1) is 17.1. The molecule has 1 heterocycles. The first-order chi connectivity index (χ1) is 11.1. The molecule has 23 heavy (non-hydrogen) atoms. The number of carbonyl (C=O) groups is 1. The van der Waals surface area contributed by atoms with Crippen LogP contribution in [0.5, 0.6) is 0 Å². The summed E-state index contributed by atoms with van der Waals surface area (Å²) in [7, 11) is 0. The summed E-state index contributed by atoms with van der Waals surface area (Å²) < 4.78 is 0. The predicted octanol–water partition coefficient (Wildman–Crippen LogP) is 4.26. The Hall–Kier alpha value is -0.770. The molecule has 1 N–H and O–H groups in total. The molecule has 2 fully saturated rings. The van der Waals surface area contributed by atoms with Gasteiger partial charge in [0.2, 0.25) is 5.91 Å². The van der Waals surface area contributed by atoms with E-state index in [0.717, 1.165) is 50.9 Å². The van der Waals surface area contributed by atoms with Crippen molar-refractivity contribution in [3.63, 3.8) is 0 Å². The lowest BCUT2D eigenvalue weighted by Gasteiger charge is -2.32. The maximum absolute atomic E-state index is 12.5. The number of hydrogen-bond donors (Lipinski definition) is 1. The number of nitrogens with zero attached hydrogens (tertiary/aromatic N) is 1. The third-order valence-electron chi connectivity index (χ3n) is 4.97. The Kier molecular flexibility index (Phi) is 5.84. The van der Waals surface area contributed by atoms with Gasteiger partial charge in [0.1, 0.15) is 0 Å². The number of halogens is 2. The van der Waals surface area contributed by atoms with Crippen molar-refractivity contribution in [2.45, 2.75) is 51.1 Å². The van der Waals surface area contributed by atoms with E-state index in [1.54, 1.807) is 0 Å². The lowest BCUT2D eigenvalue weighted by molar-refractivity contribution is -0.127. The Morgan fingerprint density at radius 3 is 2.65 bits per heavy atom. The maximum atomic E-state index is 12.5. The highest BCUT2D eigenvalue weighted by atomic mass is 35.5. The van der Waals surface area contributed by atoms with Crippen LogP contribution in [0.2, 0.25) is 10.0 Å². The SMILES string of the molecule is O=C(NC1CCCC1)C1CCCN(Cc2ccc(Cl)c(Cl)c2)C1. The van der Waals surface area contributed by atoms with Gasteiger partial charge in [-0.15, -0.1) is 0 Å². The van der Waals surface area contributed by atoms with Crippen LogP contribution in [-0.2, 0) is 11.3 Å². The highest BCUT2D eigenvalue weighted by molar-refractivity contribution is 6.42. The summed E-state index contributed by atoms with van der Waals surface area (Å²) in [6.45, 7) is 2.69. The van der Waals surface area contributed by atoms with E-state index in [1.165, 1.54) is 12.8 Å². The molecule has 0 aromatic heterocycles. The fourth-order valence-electron chi connectivity index (χ4n) is 3.70. The molecular weight excluding hydrogens is 331 g/mol. The van der Waals surface area contributed by atoms with Gasteiger partial charge in [0, 0.05) is 19.1 Å². The summed E-state index contributed by atoms with van der Waals surface area (Å²) in [5.74, 6) is 0.364. The molecule has 1 saturated heterocycles. The Morgan fingerprint density at radius 2 is 1.91 bits per heavy atom. The molecular formula is C18H24Cl2N2O. The van der Waals surface area contributed by atoms with Gasteiger partial charge in [-0.1, -0.05) is 42.1 Å². The molecule has 1 unspecified atom stereocenters. The average molecular weight is 355 g/mol. The molecule has 1 aromatic rings. The van der Waals surface area contributed by atoms with E-state index < -0.39 is 0 Å². The van der Waals surface area contributed by atoms with Crippen LogP contribution < -0.4 is 5.32 Å². The van der Waals surface area contributed by atoms with Crippen LogP contribution in [0, 0.1) is 5.92 Å². The maximum Gasteiger partial charge on any atom is 0.224 e. The summed E-state index contributed by atoms with van der Waals surface area (Å²) in [6.07, 6.45) is 6.86. The largest absolute Gasteiger partial charge is 0.353 e. The molecule has 5 heteroatoms. The zero-order valence-electron chi connectivity index (χ0n) is 13.4. The number of nitrogens with one attached hydrogen (secondary N) is 1. The third kappa shape index (κ3) is 4.62. The van der Waals surface area contributed by atoms with Crippen molar-refractivity contribution < 1.29 is 4.79 Å². The number of carbonyl (C=O) groups excluding carboxylic acids is 1. The Morgan fingerprint density at radius 1 is 1.13 bits per heavy atom. The van der Waals surface area contributed by atoms with Gasteiger partial charge in [-0.25, -0.2) is 0 Å². The van der Waals surface area contributed by atoms with Crippen LogP contribution in [0.25, 0.3) is 0 Å². The summed E-state index contributed by atoms with van der Waals surface area (Å²) in [5.41, 5.74) is 1.15. The summed E-state index contributed by atoms with van der Waals surface area (Å²) in [4.78, 5) is 14.8. The number of hydrogen-bond acceptors (Lipinski definition) is 2. The van der Waals surface area contributed by atoms with E-state index in [-0.39, 0.29) is 11.8 Å². The van der Waals surface area contributed by atoms with Crippen molar-refractivity contribution in [1.29, 1.82) is 0 Å². The minimum absolute atomic E-state index is 0.118. The van der Waals surface area contributed by atoms with Gasteiger partial charge < -0.3 is 5.32 Å². The number of amides is 1. The molecule has 1 amide bonds.